The Morgan fingerprint density at radius 1 is 1.10 bits per heavy atom. The van der Waals surface area contributed by atoms with Gasteiger partial charge in [0.15, 0.2) is 0 Å². The minimum atomic E-state index is 0.638. The van der Waals surface area contributed by atoms with E-state index in [9.17, 15) is 0 Å². The number of rotatable bonds is 6. The topological polar surface area (TPSA) is 37.0 Å². The molecule has 0 bridgehead atoms. The number of fused-ring (bicyclic) bond motifs is 1. The van der Waals surface area contributed by atoms with Crippen molar-refractivity contribution in [3.05, 3.63) is 65.4 Å². The highest BCUT2D eigenvalue weighted by Gasteiger charge is 2.14. The molecule has 1 aliphatic heterocycles. The van der Waals surface area contributed by atoms with E-state index >= 15 is 0 Å². The molecule has 4 rings (SSSR count). The van der Waals surface area contributed by atoms with Crippen LogP contribution < -0.4 is 5.32 Å². The number of hydrogen-bond acceptors (Lipinski definition) is 2. The fraction of sp³-hybridized carbons (Fsp3) is 0.385. The first kappa shape index (κ1) is 19.6. The number of nitrogens with one attached hydrogen (secondary N) is 2. The average Bonchev–Trinajstić information content (AvgIpc) is 3.13. The first-order chi connectivity index (χ1) is 14.3. The summed E-state index contributed by atoms with van der Waals surface area (Å²) < 4.78 is 5.48. The first-order valence-corrected chi connectivity index (χ1v) is 10.8. The summed E-state index contributed by atoms with van der Waals surface area (Å²) in [5, 5.41) is 4.65. The third-order valence-corrected chi connectivity index (χ3v) is 5.87. The largest absolute Gasteiger partial charge is 0.381 e. The molecule has 1 fully saturated rings. The zero-order valence-corrected chi connectivity index (χ0v) is 17.3. The van der Waals surface area contributed by atoms with Crippen molar-refractivity contribution in [2.24, 2.45) is 5.92 Å². The summed E-state index contributed by atoms with van der Waals surface area (Å²) in [5.74, 6) is 7.42. The molecular formula is C26H30N2O. The maximum atomic E-state index is 5.48. The van der Waals surface area contributed by atoms with Gasteiger partial charge in [-0.05, 0) is 73.3 Å². The predicted molar refractivity (Wildman–Crippen MR) is 121 cm³/mol. The zero-order chi connectivity index (χ0) is 19.9. The van der Waals surface area contributed by atoms with Gasteiger partial charge < -0.3 is 15.0 Å². The quantitative estimate of drug-likeness (QED) is 0.545. The van der Waals surface area contributed by atoms with E-state index in [1.54, 1.807) is 0 Å². The smallest absolute Gasteiger partial charge is 0.0937 e. The van der Waals surface area contributed by atoms with Gasteiger partial charge in [0.05, 0.1) is 12.2 Å². The van der Waals surface area contributed by atoms with E-state index in [1.807, 2.05) is 18.2 Å². The van der Waals surface area contributed by atoms with Crippen LogP contribution in [0.15, 0.2) is 48.5 Å². The summed E-state index contributed by atoms with van der Waals surface area (Å²) in [4.78, 5) is 3.57. The minimum Gasteiger partial charge on any atom is -0.381 e. The Labute approximate surface area is 173 Å². The van der Waals surface area contributed by atoms with Gasteiger partial charge in [-0.2, -0.15) is 0 Å². The SMILES string of the molecule is CCc1c(C#CCNc2ccccc2)[nH]c2cc(CCC3CCOCC3)ccc12. The van der Waals surface area contributed by atoms with E-state index in [2.05, 4.69) is 59.4 Å². The summed E-state index contributed by atoms with van der Waals surface area (Å²) in [6.45, 7) is 4.71. The van der Waals surface area contributed by atoms with E-state index < -0.39 is 0 Å². The third kappa shape index (κ3) is 5.02. The molecule has 2 aromatic carbocycles. The molecule has 150 valence electrons. The molecule has 0 unspecified atom stereocenters. The molecule has 0 saturated carbocycles. The molecule has 1 aliphatic rings. The number of ether oxygens (including phenoxy) is 1. The Morgan fingerprint density at radius 2 is 1.93 bits per heavy atom. The molecule has 0 spiro atoms. The van der Waals surface area contributed by atoms with Crippen LogP contribution in [0, 0.1) is 17.8 Å². The number of para-hydroxylation sites is 1. The average molecular weight is 387 g/mol. The van der Waals surface area contributed by atoms with Gasteiger partial charge >= 0.3 is 0 Å². The predicted octanol–water partition coefficient (Wildman–Crippen LogP) is 5.55. The van der Waals surface area contributed by atoms with E-state index in [0.29, 0.717) is 6.54 Å². The van der Waals surface area contributed by atoms with Crippen molar-refractivity contribution in [3.63, 3.8) is 0 Å². The van der Waals surface area contributed by atoms with Gasteiger partial charge in [-0.15, -0.1) is 0 Å². The monoisotopic (exact) mass is 386 g/mol. The maximum absolute atomic E-state index is 5.48. The van der Waals surface area contributed by atoms with E-state index in [4.69, 9.17) is 4.74 Å². The molecule has 0 atom stereocenters. The number of aryl methyl sites for hydroxylation is 2. The highest BCUT2D eigenvalue weighted by atomic mass is 16.5. The van der Waals surface area contributed by atoms with Crippen LogP contribution in [0.5, 0.6) is 0 Å². The Bertz CT molecular complexity index is 988. The van der Waals surface area contributed by atoms with Gasteiger partial charge in [-0.3, -0.25) is 0 Å². The van der Waals surface area contributed by atoms with Gasteiger partial charge in [0.1, 0.15) is 0 Å². The van der Waals surface area contributed by atoms with Crippen molar-refractivity contribution >= 4 is 16.6 Å². The number of H-pyrrole nitrogens is 1. The van der Waals surface area contributed by atoms with Crippen LogP contribution in [0.1, 0.15) is 43.0 Å². The van der Waals surface area contributed by atoms with Gasteiger partial charge in [0.25, 0.3) is 0 Å². The Hall–Kier alpha value is -2.70. The van der Waals surface area contributed by atoms with Crippen LogP contribution in [0.3, 0.4) is 0 Å². The molecule has 3 aromatic rings. The second-order valence-corrected chi connectivity index (χ2v) is 7.83. The Kier molecular flexibility index (Phi) is 6.54. The lowest BCUT2D eigenvalue weighted by atomic mass is 9.92. The van der Waals surface area contributed by atoms with E-state index in [1.165, 1.54) is 41.3 Å². The molecule has 2 heterocycles. The van der Waals surface area contributed by atoms with Crippen molar-refractivity contribution in [2.75, 3.05) is 25.1 Å². The van der Waals surface area contributed by atoms with Crippen LogP contribution in [-0.4, -0.2) is 24.7 Å². The van der Waals surface area contributed by atoms with Crippen LogP contribution in [0.25, 0.3) is 10.9 Å². The first-order valence-electron chi connectivity index (χ1n) is 10.8. The van der Waals surface area contributed by atoms with Gasteiger partial charge in [-0.25, -0.2) is 0 Å². The lowest BCUT2D eigenvalue weighted by Crippen LogP contribution is -2.16. The highest BCUT2D eigenvalue weighted by Crippen LogP contribution is 2.26. The maximum Gasteiger partial charge on any atom is 0.0937 e. The van der Waals surface area contributed by atoms with Crippen molar-refractivity contribution < 1.29 is 4.74 Å². The van der Waals surface area contributed by atoms with Crippen molar-refractivity contribution in [1.82, 2.24) is 4.98 Å². The lowest BCUT2D eigenvalue weighted by Gasteiger charge is -2.21. The zero-order valence-electron chi connectivity index (χ0n) is 17.3. The summed E-state index contributed by atoms with van der Waals surface area (Å²) in [7, 11) is 0. The third-order valence-electron chi connectivity index (χ3n) is 5.87. The molecule has 1 saturated heterocycles. The highest BCUT2D eigenvalue weighted by molar-refractivity contribution is 5.86. The van der Waals surface area contributed by atoms with Crippen LogP contribution in [0.4, 0.5) is 5.69 Å². The van der Waals surface area contributed by atoms with Crippen molar-refractivity contribution in [3.8, 4) is 11.8 Å². The van der Waals surface area contributed by atoms with Gasteiger partial charge in [0, 0.05) is 29.8 Å². The number of anilines is 1. The standard InChI is InChI=1S/C26H30N2O/c1-2-23-24-13-12-21(11-10-20-14-17-29-18-15-20)19-26(24)28-25(23)9-6-16-27-22-7-4-3-5-8-22/h3-5,7-8,12-13,19-20,27-28H,2,10-11,14-18H2,1H3. The van der Waals surface area contributed by atoms with E-state index in [0.717, 1.165) is 43.4 Å². The minimum absolute atomic E-state index is 0.638. The Morgan fingerprint density at radius 3 is 2.72 bits per heavy atom. The molecule has 2 N–H and O–H groups in total. The second-order valence-electron chi connectivity index (χ2n) is 7.83. The molecule has 29 heavy (non-hydrogen) atoms. The normalized spacial score (nSPS) is 14.5. The molecule has 0 aliphatic carbocycles. The number of hydrogen-bond donors (Lipinski definition) is 2. The van der Waals surface area contributed by atoms with Gasteiger partial charge in [-0.1, -0.05) is 43.2 Å². The molecule has 0 amide bonds. The number of aromatic nitrogens is 1. The van der Waals surface area contributed by atoms with E-state index in [-0.39, 0.29) is 0 Å². The fourth-order valence-corrected chi connectivity index (χ4v) is 4.17. The lowest BCUT2D eigenvalue weighted by molar-refractivity contribution is 0.0640. The molecule has 3 heteroatoms. The van der Waals surface area contributed by atoms with Crippen LogP contribution in [-0.2, 0) is 17.6 Å². The van der Waals surface area contributed by atoms with Crippen molar-refractivity contribution in [1.29, 1.82) is 0 Å². The molecule has 1 aromatic heterocycles. The number of aromatic amines is 1. The summed E-state index contributed by atoms with van der Waals surface area (Å²) in [6, 6.07) is 17.1. The summed E-state index contributed by atoms with van der Waals surface area (Å²) in [6.07, 6.45) is 5.80. The molecule has 0 radical (unpaired) electrons. The number of benzene rings is 2. The molecular weight excluding hydrogens is 356 g/mol. The Balaban J connectivity index is 1.44. The van der Waals surface area contributed by atoms with Crippen LogP contribution >= 0.6 is 0 Å². The molecule has 3 nitrogen and oxygen atoms in total. The summed E-state index contributed by atoms with van der Waals surface area (Å²) in [5.41, 5.74) is 6.11. The van der Waals surface area contributed by atoms with Crippen LogP contribution in [0.2, 0.25) is 0 Å². The van der Waals surface area contributed by atoms with Crippen molar-refractivity contribution in [2.45, 2.75) is 39.0 Å². The fourth-order valence-electron chi connectivity index (χ4n) is 4.17. The van der Waals surface area contributed by atoms with Gasteiger partial charge in [0.2, 0.25) is 0 Å². The summed E-state index contributed by atoms with van der Waals surface area (Å²) >= 11 is 0. The second kappa shape index (κ2) is 9.67.